The molecule has 2 aromatic heterocycles. The first-order valence-corrected chi connectivity index (χ1v) is 9.40. The molecule has 0 unspecified atom stereocenters. The van der Waals surface area contributed by atoms with Gasteiger partial charge < -0.3 is 5.32 Å². The van der Waals surface area contributed by atoms with Crippen LogP contribution in [0.15, 0.2) is 55.0 Å². The number of anilines is 1. The minimum atomic E-state index is -0.210. The van der Waals surface area contributed by atoms with Crippen molar-refractivity contribution < 1.29 is 4.79 Å². The standard InChI is InChI=1S/C20H24N6O/c27-20(19-9-14-26(23-19)16-25-13-4-10-21-25)22-18-7-5-17(6-8-18)15-24-11-2-1-3-12-24/h4-10,13-14H,1-3,11-12,15-16H2,(H,22,27). The van der Waals surface area contributed by atoms with Crippen LogP contribution in [0, 0.1) is 0 Å². The summed E-state index contributed by atoms with van der Waals surface area (Å²) in [5.74, 6) is -0.210. The lowest BCUT2D eigenvalue weighted by Gasteiger charge is -2.26. The monoisotopic (exact) mass is 364 g/mol. The molecule has 1 amide bonds. The van der Waals surface area contributed by atoms with Crippen LogP contribution in [-0.2, 0) is 13.2 Å². The molecule has 1 aliphatic rings. The molecule has 27 heavy (non-hydrogen) atoms. The molecule has 140 valence electrons. The van der Waals surface area contributed by atoms with Crippen molar-refractivity contribution in [3.63, 3.8) is 0 Å². The van der Waals surface area contributed by atoms with Gasteiger partial charge in [0.05, 0.1) is 0 Å². The summed E-state index contributed by atoms with van der Waals surface area (Å²) in [5.41, 5.74) is 2.45. The van der Waals surface area contributed by atoms with E-state index in [9.17, 15) is 4.79 Å². The summed E-state index contributed by atoms with van der Waals surface area (Å²) in [6.45, 7) is 3.82. The van der Waals surface area contributed by atoms with Gasteiger partial charge in [-0.15, -0.1) is 0 Å². The number of benzene rings is 1. The van der Waals surface area contributed by atoms with E-state index in [1.54, 1.807) is 27.8 Å². The second kappa shape index (κ2) is 8.18. The molecule has 1 aliphatic heterocycles. The zero-order valence-electron chi connectivity index (χ0n) is 15.3. The average molecular weight is 364 g/mol. The highest BCUT2D eigenvalue weighted by Gasteiger charge is 2.12. The molecule has 4 rings (SSSR count). The first kappa shape index (κ1) is 17.5. The third kappa shape index (κ3) is 4.62. The van der Waals surface area contributed by atoms with E-state index in [1.165, 1.54) is 37.9 Å². The van der Waals surface area contributed by atoms with Gasteiger partial charge in [0, 0.05) is 30.8 Å². The van der Waals surface area contributed by atoms with Crippen molar-refractivity contribution in [3.05, 3.63) is 66.2 Å². The molecule has 7 nitrogen and oxygen atoms in total. The Hall–Kier alpha value is -2.93. The Bertz CT molecular complexity index is 862. The number of aromatic nitrogens is 4. The van der Waals surface area contributed by atoms with Crippen LogP contribution in [0.25, 0.3) is 0 Å². The fourth-order valence-corrected chi connectivity index (χ4v) is 3.36. The summed E-state index contributed by atoms with van der Waals surface area (Å²) in [7, 11) is 0. The van der Waals surface area contributed by atoms with Crippen LogP contribution in [-0.4, -0.2) is 43.5 Å². The van der Waals surface area contributed by atoms with Crippen LogP contribution in [0.5, 0.6) is 0 Å². The van der Waals surface area contributed by atoms with Gasteiger partial charge >= 0.3 is 0 Å². The van der Waals surface area contributed by atoms with Crippen LogP contribution in [0.3, 0.4) is 0 Å². The number of hydrogen-bond acceptors (Lipinski definition) is 4. The highest BCUT2D eigenvalue weighted by Crippen LogP contribution is 2.15. The second-order valence-electron chi connectivity index (χ2n) is 6.92. The van der Waals surface area contributed by atoms with Crippen molar-refractivity contribution in [2.75, 3.05) is 18.4 Å². The van der Waals surface area contributed by atoms with E-state index in [2.05, 4.69) is 32.5 Å². The van der Waals surface area contributed by atoms with Crippen molar-refractivity contribution in [1.29, 1.82) is 0 Å². The molecule has 1 aromatic carbocycles. The Labute approximate surface area is 158 Å². The van der Waals surface area contributed by atoms with Crippen LogP contribution in [0.4, 0.5) is 5.69 Å². The highest BCUT2D eigenvalue weighted by molar-refractivity contribution is 6.02. The van der Waals surface area contributed by atoms with Gasteiger partial charge in [0.15, 0.2) is 5.69 Å². The first-order chi connectivity index (χ1) is 13.3. The van der Waals surface area contributed by atoms with Gasteiger partial charge in [-0.3, -0.25) is 19.1 Å². The number of nitrogens with zero attached hydrogens (tertiary/aromatic N) is 5. The van der Waals surface area contributed by atoms with Gasteiger partial charge in [-0.25, -0.2) is 0 Å². The molecular formula is C20H24N6O. The molecule has 0 saturated carbocycles. The summed E-state index contributed by atoms with van der Waals surface area (Å²) < 4.78 is 3.43. The van der Waals surface area contributed by atoms with E-state index in [0.717, 1.165) is 12.2 Å². The number of nitrogens with one attached hydrogen (secondary N) is 1. The molecule has 0 aliphatic carbocycles. The smallest absolute Gasteiger partial charge is 0.276 e. The van der Waals surface area contributed by atoms with Gasteiger partial charge in [-0.1, -0.05) is 18.6 Å². The van der Waals surface area contributed by atoms with Crippen LogP contribution in [0.2, 0.25) is 0 Å². The minimum Gasteiger partial charge on any atom is -0.321 e. The predicted octanol–water partition coefficient (Wildman–Crippen LogP) is 2.82. The van der Waals surface area contributed by atoms with Crippen molar-refractivity contribution in [3.8, 4) is 0 Å². The van der Waals surface area contributed by atoms with Gasteiger partial charge in [-0.05, 0) is 55.8 Å². The lowest BCUT2D eigenvalue weighted by molar-refractivity contribution is 0.102. The van der Waals surface area contributed by atoms with Crippen LogP contribution < -0.4 is 5.32 Å². The molecule has 0 atom stereocenters. The molecule has 1 N–H and O–H groups in total. The molecule has 3 heterocycles. The highest BCUT2D eigenvalue weighted by atomic mass is 16.1. The van der Waals surface area contributed by atoms with Gasteiger partial charge in [0.25, 0.3) is 5.91 Å². The lowest BCUT2D eigenvalue weighted by atomic mass is 10.1. The van der Waals surface area contributed by atoms with E-state index < -0.39 is 0 Å². The van der Waals surface area contributed by atoms with E-state index in [-0.39, 0.29) is 5.91 Å². The third-order valence-corrected chi connectivity index (χ3v) is 4.79. The number of carbonyl (C=O) groups excluding carboxylic acids is 1. The first-order valence-electron chi connectivity index (χ1n) is 9.40. The summed E-state index contributed by atoms with van der Waals surface area (Å²) >= 11 is 0. The number of rotatable bonds is 6. The van der Waals surface area contributed by atoms with Crippen molar-refractivity contribution in [2.24, 2.45) is 0 Å². The number of carbonyl (C=O) groups is 1. The zero-order valence-corrected chi connectivity index (χ0v) is 15.3. The fraction of sp³-hybridized carbons (Fsp3) is 0.350. The minimum absolute atomic E-state index is 0.210. The lowest BCUT2D eigenvalue weighted by Crippen LogP contribution is -2.29. The molecular weight excluding hydrogens is 340 g/mol. The average Bonchev–Trinajstić information content (AvgIpc) is 3.37. The molecule has 7 heteroatoms. The normalized spacial score (nSPS) is 15.0. The second-order valence-corrected chi connectivity index (χ2v) is 6.92. The fourth-order valence-electron chi connectivity index (χ4n) is 3.36. The molecule has 0 radical (unpaired) electrons. The Morgan fingerprint density at radius 2 is 1.81 bits per heavy atom. The van der Waals surface area contributed by atoms with Crippen LogP contribution in [0.1, 0.15) is 35.3 Å². The van der Waals surface area contributed by atoms with E-state index in [0.29, 0.717) is 12.4 Å². The van der Waals surface area contributed by atoms with Gasteiger partial charge in [0.1, 0.15) is 6.67 Å². The Morgan fingerprint density at radius 3 is 2.56 bits per heavy atom. The van der Waals surface area contributed by atoms with Gasteiger partial charge in [0.2, 0.25) is 0 Å². The van der Waals surface area contributed by atoms with E-state index in [4.69, 9.17) is 0 Å². The van der Waals surface area contributed by atoms with Crippen LogP contribution >= 0.6 is 0 Å². The maximum Gasteiger partial charge on any atom is 0.276 e. The van der Waals surface area contributed by atoms with E-state index >= 15 is 0 Å². The predicted molar refractivity (Wildman–Crippen MR) is 103 cm³/mol. The summed E-state index contributed by atoms with van der Waals surface area (Å²) in [6, 6.07) is 11.6. The van der Waals surface area contributed by atoms with Crippen molar-refractivity contribution in [2.45, 2.75) is 32.5 Å². The SMILES string of the molecule is O=C(Nc1ccc(CN2CCCCC2)cc1)c1ccn(Cn2cccn2)n1. The Morgan fingerprint density at radius 1 is 1.00 bits per heavy atom. The van der Waals surface area contributed by atoms with Crippen molar-refractivity contribution in [1.82, 2.24) is 24.5 Å². The quantitative estimate of drug-likeness (QED) is 0.730. The van der Waals surface area contributed by atoms with E-state index in [1.807, 2.05) is 24.4 Å². The van der Waals surface area contributed by atoms with Gasteiger partial charge in [-0.2, -0.15) is 10.2 Å². The molecule has 3 aromatic rings. The summed E-state index contributed by atoms with van der Waals surface area (Å²) in [5, 5.41) is 11.4. The molecule has 0 bridgehead atoms. The summed E-state index contributed by atoms with van der Waals surface area (Å²) in [6.07, 6.45) is 9.28. The Balaban J connectivity index is 1.33. The third-order valence-electron chi connectivity index (χ3n) is 4.79. The number of hydrogen-bond donors (Lipinski definition) is 1. The number of amides is 1. The molecule has 1 saturated heterocycles. The topological polar surface area (TPSA) is 68.0 Å². The summed E-state index contributed by atoms with van der Waals surface area (Å²) in [4.78, 5) is 14.9. The largest absolute Gasteiger partial charge is 0.321 e. The maximum absolute atomic E-state index is 12.4. The zero-order chi connectivity index (χ0) is 18.5. The number of likely N-dealkylation sites (tertiary alicyclic amines) is 1. The number of piperidine rings is 1. The molecule has 0 spiro atoms. The maximum atomic E-state index is 12.4. The molecule has 1 fully saturated rings. The van der Waals surface area contributed by atoms with Crippen molar-refractivity contribution >= 4 is 11.6 Å². The Kier molecular flexibility index (Phi) is 5.29.